The summed E-state index contributed by atoms with van der Waals surface area (Å²) < 4.78 is 52.7. The second kappa shape index (κ2) is 6.92. The molecule has 0 aromatic heterocycles. The lowest BCUT2D eigenvalue weighted by Gasteiger charge is -2.29. The minimum absolute atomic E-state index is 0.110. The van der Waals surface area contributed by atoms with Crippen molar-refractivity contribution in [2.24, 2.45) is 0 Å². The standard InChI is InChI=1S/C18H22N2O4S2/c1-14-5-3-6-15(11-14)13-26(23,24)19-17-8-9-18-16(12-17)7-4-10-20(18)25(2,21)22/h3,5-6,8-9,11-12,19H,4,7,10,13H2,1-2H3. The van der Waals surface area contributed by atoms with Crippen LogP contribution in [-0.4, -0.2) is 29.6 Å². The summed E-state index contributed by atoms with van der Waals surface area (Å²) in [5.41, 5.74) is 3.63. The number of nitrogens with one attached hydrogen (secondary N) is 1. The summed E-state index contributed by atoms with van der Waals surface area (Å²) in [4.78, 5) is 0. The first-order chi connectivity index (χ1) is 12.1. The van der Waals surface area contributed by atoms with E-state index >= 15 is 0 Å². The van der Waals surface area contributed by atoms with Gasteiger partial charge >= 0.3 is 0 Å². The first kappa shape index (κ1) is 18.7. The van der Waals surface area contributed by atoms with Crippen LogP contribution in [0.2, 0.25) is 0 Å². The molecule has 26 heavy (non-hydrogen) atoms. The van der Waals surface area contributed by atoms with Gasteiger partial charge in [-0.3, -0.25) is 9.03 Å². The molecular formula is C18H22N2O4S2. The number of hydrogen-bond donors (Lipinski definition) is 1. The largest absolute Gasteiger partial charge is 0.283 e. The van der Waals surface area contributed by atoms with Crippen LogP contribution in [0.5, 0.6) is 0 Å². The molecule has 0 unspecified atom stereocenters. The average Bonchev–Trinajstić information content (AvgIpc) is 2.52. The summed E-state index contributed by atoms with van der Waals surface area (Å²) in [6.07, 6.45) is 2.61. The Balaban J connectivity index is 1.83. The number of benzene rings is 2. The van der Waals surface area contributed by atoms with Crippen molar-refractivity contribution in [3.8, 4) is 0 Å². The molecular weight excluding hydrogens is 372 g/mol. The smallest absolute Gasteiger partial charge is 0.236 e. The van der Waals surface area contributed by atoms with E-state index in [0.717, 1.165) is 23.1 Å². The third-order valence-electron chi connectivity index (χ3n) is 4.27. The van der Waals surface area contributed by atoms with Gasteiger partial charge in [-0.25, -0.2) is 16.8 Å². The van der Waals surface area contributed by atoms with Gasteiger partial charge in [0, 0.05) is 12.2 Å². The first-order valence-corrected chi connectivity index (χ1v) is 11.8. The average molecular weight is 395 g/mol. The topological polar surface area (TPSA) is 83.6 Å². The molecule has 2 aromatic rings. The highest BCUT2D eigenvalue weighted by Crippen LogP contribution is 2.31. The van der Waals surface area contributed by atoms with Gasteiger partial charge < -0.3 is 0 Å². The van der Waals surface area contributed by atoms with Crippen LogP contribution in [0.1, 0.15) is 23.1 Å². The lowest BCUT2D eigenvalue weighted by Crippen LogP contribution is -2.34. The summed E-state index contributed by atoms with van der Waals surface area (Å²) in [6, 6.07) is 12.4. The molecule has 8 heteroatoms. The molecule has 1 aliphatic heterocycles. The molecule has 0 saturated heterocycles. The number of nitrogens with zero attached hydrogens (tertiary/aromatic N) is 1. The lowest BCUT2D eigenvalue weighted by atomic mass is 10.0. The number of sulfonamides is 2. The molecule has 0 bridgehead atoms. The zero-order valence-corrected chi connectivity index (χ0v) is 16.4. The molecule has 0 saturated carbocycles. The fourth-order valence-corrected chi connectivity index (χ4v) is 5.38. The predicted octanol–water partition coefficient (Wildman–Crippen LogP) is 2.65. The summed E-state index contributed by atoms with van der Waals surface area (Å²) in [5, 5.41) is 0. The van der Waals surface area contributed by atoms with Crippen LogP contribution >= 0.6 is 0 Å². The molecule has 0 radical (unpaired) electrons. The number of hydrogen-bond acceptors (Lipinski definition) is 4. The maximum atomic E-state index is 12.5. The summed E-state index contributed by atoms with van der Waals surface area (Å²) in [5.74, 6) is -0.110. The zero-order valence-electron chi connectivity index (χ0n) is 14.8. The van der Waals surface area contributed by atoms with Crippen LogP contribution < -0.4 is 9.03 Å². The van der Waals surface area contributed by atoms with Crippen molar-refractivity contribution in [1.29, 1.82) is 0 Å². The quantitative estimate of drug-likeness (QED) is 0.845. The highest BCUT2D eigenvalue weighted by atomic mass is 32.2. The van der Waals surface area contributed by atoms with Crippen molar-refractivity contribution in [2.45, 2.75) is 25.5 Å². The van der Waals surface area contributed by atoms with Gasteiger partial charge in [-0.2, -0.15) is 0 Å². The molecule has 0 atom stereocenters. The van der Waals surface area contributed by atoms with E-state index in [0.29, 0.717) is 24.3 Å². The first-order valence-electron chi connectivity index (χ1n) is 8.31. The minimum Gasteiger partial charge on any atom is -0.283 e. The maximum absolute atomic E-state index is 12.5. The molecule has 2 aromatic carbocycles. The van der Waals surface area contributed by atoms with Gasteiger partial charge in [0.2, 0.25) is 20.0 Å². The molecule has 0 amide bonds. The Bertz CT molecular complexity index is 1030. The van der Waals surface area contributed by atoms with E-state index in [2.05, 4.69) is 4.72 Å². The van der Waals surface area contributed by atoms with E-state index in [9.17, 15) is 16.8 Å². The van der Waals surface area contributed by atoms with Gasteiger partial charge in [0.15, 0.2) is 0 Å². The molecule has 1 heterocycles. The van der Waals surface area contributed by atoms with Crippen LogP contribution in [0.3, 0.4) is 0 Å². The van der Waals surface area contributed by atoms with Crippen molar-refractivity contribution in [3.63, 3.8) is 0 Å². The Labute approximate surface area is 155 Å². The van der Waals surface area contributed by atoms with Gasteiger partial charge in [0.05, 0.1) is 17.7 Å². The predicted molar refractivity (Wildman–Crippen MR) is 104 cm³/mol. The van der Waals surface area contributed by atoms with Crippen LogP contribution in [0.15, 0.2) is 42.5 Å². The van der Waals surface area contributed by atoms with Gasteiger partial charge in [-0.15, -0.1) is 0 Å². The molecule has 0 aliphatic carbocycles. The Morgan fingerprint density at radius 3 is 2.54 bits per heavy atom. The molecule has 3 rings (SSSR count). The summed E-state index contributed by atoms with van der Waals surface area (Å²) in [7, 11) is -6.89. The molecule has 0 spiro atoms. The van der Waals surface area contributed by atoms with Gasteiger partial charge in [-0.1, -0.05) is 29.8 Å². The second-order valence-electron chi connectivity index (χ2n) is 6.63. The lowest BCUT2D eigenvalue weighted by molar-refractivity contribution is 0.592. The minimum atomic E-state index is -3.55. The van der Waals surface area contributed by atoms with Crippen LogP contribution in [-0.2, 0) is 32.2 Å². The van der Waals surface area contributed by atoms with E-state index in [-0.39, 0.29) is 5.75 Å². The van der Waals surface area contributed by atoms with Crippen molar-refractivity contribution in [3.05, 3.63) is 59.2 Å². The maximum Gasteiger partial charge on any atom is 0.236 e. The third kappa shape index (κ3) is 4.37. The Kier molecular flexibility index (Phi) is 4.98. The van der Waals surface area contributed by atoms with E-state index in [1.165, 1.54) is 10.6 Å². The number of fused-ring (bicyclic) bond motifs is 1. The Hall–Kier alpha value is -2.06. The zero-order chi connectivity index (χ0) is 18.9. The second-order valence-corrected chi connectivity index (χ2v) is 10.3. The molecule has 6 nitrogen and oxygen atoms in total. The number of rotatable bonds is 5. The number of aryl methyl sites for hydroxylation is 2. The monoisotopic (exact) mass is 394 g/mol. The van der Waals surface area contributed by atoms with Gasteiger partial charge in [-0.05, 0) is 49.1 Å². The van der Waals surface area contributed by atoms with Crippen LogP contribution in [0.25, 0.3) is 0 Å². The fraction of sp³-hybridized carbons (Fsp3) is 0.333. The highest BCUT2D eigenvalue weighted by molar-refractivity contribution is 7.92. The van der Waals surface area contributed by atoms with Crippen LogP contribution in [0, 0.1) is 6.92 Å². The van der Waals surface area contributed by atoms with Gasteiger partial charge in [0.1, 0.15) is 0 Å². The molecule has 1 aliphatic rings. The molecule has 1 N–H and O–H groups in total. The molecule has 0 fully saturated rings. The van der Waals surface area contributed by atoms with Crippen molar-refractivity contribution >= 4 is 31.4 Å². The van der Waals surface area contributed by atoms with E-state index < -0.39 is 20.0 Å². The van der Waals surface area contributed by atoms with E-state index in [4.69, 9.17) is 0 Å². The molecule has 140 valence electrons. The number of anilines is 2. The normalized spacial score (nSPS) is 14.8. The third-order valence-corrected chi connectivity index (χ3v) is 6.71. The summed E-state index contributed by atoms with van der Waals surface area (Å²) >= 11 is 0. The Morgan fingerprint density at radius 1 is 1.08 bits per heavy atom. The fourth-order valence-electron chi connectivity index (χ4n) is 3.21. The summed E-state index contributed by atoms with van der Waals surface area (Å²) in [6.45, 7) is 2.37. The van der Waals surface area contributed by atoms with Crippen molar-refractivity contribution in [1.82, 2.24) is 0 Å². The SMILES string of the molecule is Cc1cccc(CS(=O)(=O)Nc2ccc3c(c2)CCCN3S(C)(=O)=O)c1. The van der Waals surface area contributed by atoms with Crippen molar-refractivity contribution < 1.29 is 16.8 Å². The Morgan fingerprint density at radius 2 is 1.85 bits per heavy atom. The van der Waals surface area contributed by atoms with Crippen LogP contribution in [0.4, 0.5) is 11.4 Å². The van der Waals surface area contributed by atoms with Crippen molar-refractivity contribution in [2.75, 3.05) is 21.8 Å². The van der Waals surface area contributed by atoms with Gasteiger partial charge in [0.25, 0.3) is 0 Å². The highest BCUT2D eigenvalue weighted by Gasteiger charge is 2.24. The van der Waals surface area contributed by atoms with E-state index in [1.807, 2.05) is 25.1 Å². The van der Waals surface area contributed by atoms with E-state index in [1.54, 1.807) is 24.3 Å².